The SMILES string of the molecule is COc1c(C(C)(C)C)cc(-c2ncc(C3CCN(C(=O)Cn4ccnc4C(=O)O)CC3)s2)cc1C(C)(C)C.Cl.Cl. The van der Waals surface area contributed by atoms with Gasteiger partial charge in [0.1, 0.15) is 17.3 Å². The van der Waals surface area contributed by atoms with Crippen molar-refractivity contribution in [2.24, 2.45) is 0 Å². The van der Waals surface area contributed by atoms with Crippen LogP contribution in [0.3, 0.4) is 0 Å². The summed E-state index contributed by atoms with van der Waals surface area (Å²) >= 11 is 1.73. The number of piperidine rings is 1. The Kier molecular flexibility index (Phi) is 10.8. The summed E-state index contributed by atoms with van der Waals surface area (Å²) in [4.78, 5) is 35.8. The first-order valence-corrected chi connectivity index (χ1v) is 13.8. The zero-order valence-electron chi connectivity index (χ0n) is 24.2. The number of thiazole rings is 1. The number of rotatable bonds is 6. The number of aromatic nitrogens is 3. The van der Waals surface area contributed by atoms with Crippen LogP contribution in [0, 0.1) is 0 Å². The molecule has 1 aliphatic rings. The molecule has 220 valence electrons. The van der Waals surface area contributed by atoms with Gasteiger partial charge in [0.05, 0.1) is 7.11 Å². The molecule has 0 bridgehead atoms. The fourth-order valence-electron chi connectivity index (χ4n) is 4.99. The predicted octanol–water partition coefficient (Wildman–Crippen LogP) is 6.56. The summed E-state index contributed by atoms with van der Waals surface area (Å²) in [6.07, 6.45) is 6.63. The van der Waals surface area contributed by atoms with Gasteiger partial charge in [0.25, 0.3) is 0 Å². The second-order valence-corrected chi connectivity index (χ2v) is 13.1. The first kappa shape index (κ1) is 33.6. The number of methoxy groups -OCH3 is 1. The summed E-state index contributed by atoms with van der Waals surface area (Å²) in [6.45, 7) is 14.5. The molecule has 4 rings (SSSR count). The Labute approximate surface area is 253 Å². The Balaban J connectivity index is 0.00000280. The van der Waals surface area contributed by atoms with Gasteiger partial charge in [-0.25, -0.2) is 14.8 Å². The minimum atomic E-state index is -1.14. The summed E-state index contributed by atoms with van der Waals surface area (Å²) in [6, 6.07) is 4.44. The zero-order valence-corrected chi connectivity index (χ0v) is 26.6. The number of ether oxygens (including phenoxy) is 1. The molecule has 0 spiro atoms. The molecular formula is C29H40Cl2N4O4S. The fourth-order valence-corrected chi connectivity index (χ4v) is 6.06. The maximum absolute atomic E-state index is 12.8. The van der Waals surface area contributed by atoms with Crippen LogP contribution in [-0.2, 0) is 22.2 Å². The minimum absolute atomic E-state index is 0. The normalized spacial score (nSPS) is 14.3. The number of hydrogen-bond donors (Lipinski definition) is 1. The number of benzene rings is 1. The number of carboxylic acids is 1. The van der Waals surface area contributed by atoms with Gasteiger partial charge in [-0.3, -0.25) is 4.79 Å². The van der Waals surface area contributed by atoms with Gasteiger partial charge < -0.3 is 19.3 Å². The molecule has 8 nitrogen and oxygen atoms in total. The van der Waals surface area contributed by atoms with Crippen molar-refractivity contribution in [3.8, 4) is 16.3 Å². The Morgan fingerprint density at radius 1 is 1.02 bits per heavy atom. The van der Waals surface area contributed by atoms with E-state index < -0.39 is 5.97 Å². The smallest absolute Gasteiger partial charge is 0.372 e. The molecule has 1 aliphatic heterocycles. The van der Waals surface area contributed by atoms with Gasteiger partial charge in [-0.2, -0.15) is 0 Å². The molecule has 0 aliphatic carbocycles. The van der Waals surface area contributed by atoms with Crippen molar-refractivity contribution < 1.29 is 19.4 Å². The molecule has 3 heterocycles. The van der Waals surface area contributed by atoms with Crippen LogP contribution in [0.4, 0.5) is 0 Å². The average molecular weight is 612 g/mol. The Hall–Kier alpha value is -2.62. The summed E-state index contributed by atoms with van der Waals surface area (Å²) in [7, 11) is 1.75. The quantitative estimate of drug-likeness (QED) is 0.339. The van der Waals surface area contributed by atoms with E-state index in [4.69, 9.17) is 9.72 Å². The van der Waals surface area contributed by atoms with Gasteiger partial charge in [0, 0.05) is 53.2 Å². The van der Waals surface area contributed by atoms with Crippen LogP contribution in [0.25, 0.3) is 10.6 Å². The summed E-state index contributed by atoms with van der Waals surface area (Å²) in [5, 5.41) is 10.2. The standard InChI is InChI=1S/C29H38N4O4S.2ClH/c1-28(2,3)20-14-19(15-21(24(20)37-7)29(4,5)6)26-31-16-22(38-26)18-8-11-32(12-9-18)23(34)17-33-13-10-30-25(33)27(35)36;;/h10,13-16,18H,8-9,11-12,17H2,1-7H3,(H,35,36);2*1H. The monoisotopic (exact) mass is 610 g/mol. The van der Waals surface area contributed by atoms with Gasteiger partial charge in [-0.05, 0) is 41.7 Å². The van der Waals surface area contributed by atoms with Crippen LogP contribution in [0.15, 0.2) is 30.7 Å². The van der Waals surface area contributed by atoms with E-state index in [1.807, 2.05) is 11.1 Å². The van der Waals surface area contributed by atoms with Gasteiger partial charge in [0.15, 0.2) is 0 Å². The molecule has 11 heteroatoms. The van der Waals surface area contributed by atoms with Crippen molar-refractivity contribution in [1.29, 1.82) is 0 Å². The first-order chi connectivity index (χ1) is 17.8. The Morgan fingerprint density at radius 3 is 2.10 bits per heavy atom. The third-order valence-electron chi connectivity index (χ3n) is 7.14. The molecule has 0 radical (unpaired) electrons. The second kappa shape index (κ2) is 12.9. The van der Waals surface area contributed by atoms with E-state index in [-0.39, 0.29) is 53.9 Å². The van der Waals surface area contributed by atoms with E-state index in [1.165, 1.54) is 33.0 Å². The highest BCUT2D eigenvalue weighted by Crippen LogP contribution is 2.44. The van der Waals surface area contributed by atoms with E-state index >= 15 is 0 Å². The molecule has 1 N–H and O–H groups in total. The molecule has 3 aromatic rings. The molecule has 1 fully saturated rings. The topological polar surface area (TPSA) is 97.5 Å². The lowest BCUT2D eigenvalue weighted by Crippen LogP contribution is -2.39. The van der Waals surface area contributed by atoms with Gasteiger partial charge >= 0.3 is 5.97 Å². The van der Waals surface area contributed by atoms with Crippen molar-refractivity contribution >= 4 is 48.0 Å². The van der Waals surface area contributed by atoms with E-state index in [1.54, 1.807) is 18.4 Å². The van der Waals surface area contributed by atoms with Crippen LogP contribution in [-0.4, -0.2) is 56.6 Å². The predicted molar refractivity (Wildman–Crippen MR) is 164 cm³/mol. The third-order valence-corrected chi connectivity index (χ3v) is 8.35. The van der Waals surface area contributed by atoms with Crippen LogP contribution in [0.2, 0.25) is 0 Å². The van der Waals surface area contributed by atoms with Crippen molar-refractivity contribution in [2.45, 2.75) is 77.7 Å². The van der Waals surface area contributed by atoms with Crippen LogP contribution in [0.1, 0.15) is 86.9 Å². The molecular weight excluding hydrogens is 571 g/mol. The van der Waals surface area contributed by atoms with Crippen LogP contribution < -0.4 is 4.74 Å². The van der Waals surface area contributed by atoms with Gasteiger partial charge in [-0.15, -0.1) is 36.2 Å². The van der Waals surface area contributed by atoms with E-state index in [0.29, 0.717) is 19.0 Å². The molecule has 0 atom stereocenters. The number of carbonyl (C=O) groups excluding carboxylic acids is 1. The highest BCUT2D eigenvalue weighted by molar-refractivity contribution is 7.15. The number of carboxylic acid groups (broad SMARTS) is 1. The number of halogens is 2. The Morgan fingerprint density at radius 2 is 1.60 bits per heavy atom. The van der Waals surface area contributed by atoms with Crippen LogP contribution in [0.5, 0.6) is 5.75 Å². The summed E-state index contributed by atoms with van der Waals surface area (Å²) in [5.74, 6) is -0.0438. The highest BCUT2D eigenvalue weighted by Gasteiger charge is 2.30. The number of carbonyl (C=O) groups is 2. The molecule has 40 heavy (non-hydrogen) atoms. The molecule has 1 amide bonds. The largest absolute Gasteiger partial charge is 0.496 e. The highest BCUT2D eigenvalue weighted by atomic mass is 35.5. The molecule has 0 saturated carbocycles. The summed E-state index contributed by atoms with van der Waals surface area (Å²) < 4.78 is 7.31. The lowest BCUT2D eigenvalue weighted by molar-refractivity contribution is -0.132. The van der Waals surface area contributed by atoms with Crippen molar-refractivity contribution in [3.63, 3.8) is 0 Å². The number of aromatic carboxylic acids is 1. The number of nitrogens with zero attached hydrogens (tertiary/aromatic N) is 4. The molecule has 1 aromatic carbocycles. The minimum Gasteiger partial charge on any atom is -0.496 e. The van der Waals surface area contributed by atoms with E-state index in [0.717, 1.165) is 29.2 Å². The average Bonchev–Trinajstić information content (AvgIpc) is 3.52. The zero-order chi connectivity index (χ0) is 27.8. The molecule has 2 aromatic heterocycles. The maximum Gasteiger partial charge on any atom is 0.372 e. The number of hydrogen-bond acceptors (Lipinski definition) is 6. The van der Waals surface area contributed by atoms with Gasteiger partial charge in [0.2, 0.25) is 11.7 Å². The first-order valence-electron chi connectivity index (χ1n) is 13.0. The number of amides is 1. The van der Waals surface area contributed by atoms with Crippen molar-refractivity contribution in [2.75, 3.05) is 20.2 Å². The second-order valence-electron chi connectivity index (χ2n) is 12.0. The van der Waals surface area contributed by atoms with E-state index in [2.05, 4.69) is 58.7 Å². The number of likely N-dealkylation sites (tertiary alicyclic amines) is 1. The third kappa shape index (κ3) is 7.17. The lowest BCUT2D eigenvalue weighted by atomic mass is 9.78. The van der Waals surface area contributed by atoms with Crippen LogP contribution >= 0.6 is 36.2 Å². The Bertz CT molecular complexity index is 1300. The lowest BCUT2D eigenvalue weighted by Gasteiger charge is -2.31. The molecule has 0 unspecified atom stereocenters. The van der Waals surface area contributed by atoms with E-state index in [9.17, 15) is 14.7 Å². The molecule has 1 saturated heterocycles. The van der Waals surface area contributed by atoms with Crippen molar-refractivity contribution in [3.05, 3.63) is 52.6 Å². The maximum atomic E-state index is 12.8. The van der Waals surface area contributed by atoms with Crippen molar-refractivity contribution in [1.82, 2.24) is 19.4 Å². The fraction of sp³-hybridized carbons (Fsp3) is 0.517. The summed E-state index contributed by atoms with van der Waals surface area (Å²) in [5.41, 5.74) is 3.30. The van der Waals surface area contributed by atoms with Gasteiger partial charge in [-0.1, -0.05) is 41.5 Å². The number of imidazole rings is 1.